The highest BCUT2D eigenvalue weighted by atomic mass is 32.1. The molecule has 1 aromatic carbocycles. The van der Waals surface area contributed by atoms with Crippen LogP contribution in [0.1, 0.15) is 11.3 Å². The Morgan fingerprint density at radius 3 is 2.65 bits per heavy atom. The highest BCUT2D eigenvalue weighted by Crippen LogP contribution is 2.12. The molecule has 1 aromatic heterocycles. The highest BCUT2D eigenvalue weighted by Gasteiger charge is 2.11. The van der Waals surface area contributed by atoms with Gasteiger partial charge < -0.3 is 15.7 Å². The standard InChI is InChI=1S/C14H16N4OS/c15-13(20)12-6-7-16-14(17-12)18(8-9-19)10-11-4-2-1-3-5-11/h1-7,19H,8-10H2,(H2,15,20). The molecule has 20 heavy (non-hydrogen) atoms. The number of rotatable bonds is 6. The number of aromatic nitrogens is 2. The van der Waals surface area contributed by atoms with Crippen molar-refractivity contribution >= 4 is 23.2 Å². The number of hydrogen-bond donors (Lipinski definition) is 2. The van der Waals surface area contributed by atoms with Gasteiger partial charge in [-0.3, -0.25) is 0 Å². The van der Waals surface area contributed by atoms with E-state index in [1.807, 2.05) is 35.2 Å². The molecule has 0 amide bonds. The lowest BCUT2D eigenvalue weighted by Crippen LogP contribution is -2.28. The number of aliphatic hydroxyl groups excluding tert-OH is 1. The van der Waals surface area contributed by atoms with E-state index in [-0.39, 0.29) is 11.6 Å². The lowest BCUT2D eigenvalue weighted by Gasteiger charge is -2.22. The summed E-state index contributed by atoms with van der Waals surface area (Å²) >= 11 is 4.92. The normalized spacial score (nSPS) is 10.2. The molecule has 0 atom stereocenters. The first-order valence-corrected chi connectivity index (χ1v) is 6.64. The zero-order valence-corrected chi connectivity index (χ0v) is 11.8. The zero-order valence-electron chi connectivity index (χ0n) is 10.9. The van der Waals surface area contributed by atoms with Crippen LogP contribution in [0.2, 0.25) is 0 Å². The van der Waals surface area contributed by atoms with E-state index in [0.717, 1.165) is 5.56 Å². The van der Waals surface area contributed by atoms with Crippen molar-refractivity contribution in [3.8, 4) is 0 Å². The first kappa shape index (κ1) is 14.4. The van der Waals surface area contributed by atoms with Crippen LogP contribution in [-0.4, -0.2) is 33.2 Å². The lowest BCUT2D eigenvalue weighted by atomic mass is 10.2. The summed E-state index contributed by atoms with van der Waals surface area (Å²) in [5, 5.41) is 9.21. The van der Waals surface area contributed by atoms with Gasteiger partial charge in [0, 0.05) is 19.3 Å². The number of hydrogen-bond acceptors (Lipinski definition) is 5. The van der Waals surface area contributed by atoms with Gasteiger partial charge >= 0.3 is 0 Å². The fourth-order valence-electron chi connectivity index (χ4n) is 1.81. The average molecular weight is 288 g/mol. The van der Waals surface area contributed by atoms with Crippen LogP contribution < -0.4 is 10.6 Å². The molecular formula is C14H16N4OS. The second-order valence-corrected chi connectivity index (χ2v) is 4.68. The Morgan fingerprint density at radius 1 is 1.25 bits per heavy atom. The van der Waals surface area contributed by atoms with Crippen molar-refractivity contribution in [1.82, 2.24) is 9.97 Å². The Morgan fingerprint density at radius 2 is 2.00 bits per heavy atom. The molecular weight excluding hydrogens is 272 g/mol. The summed E-state index contributed by atoms with van der Waals surface area (Å²) in [4.78, 5) is 10.7. The van der Waals surface area contributed by atoms with Gasteiger partial charge in [-0.25, -0.2) is 9.97 Å². The molecule has 0 aliphatic carbocycles. The van der Waals surface area contributed by atoms with Crippen LogP contribution >= 0.6 is 12.2 Å². The second kappa shape index (κ2) is 6.93. The number of aliphatic hydroxyl groups is 1. The molecule has 0 radical (unpaired) electrons. The number of nitrogens with two attached hydrogens (primary N) is 1. The molecule has 0 saturated carbocycles. The van der Waals surface area contributed by atoms with Gasteiger partial charge in [0.2, 0.25) is 5.95 Å². The summed E-state index contributed by atoms with van der Waals surface area (Å²) in [6.07, 6.45) is 1.62. The Hall–Kier alpha value is -2.05. The van der Waals surface area contributed by atoms with Crippen molar-refractivity contribution < 1.29 is 5.11 Å². The number of benzene rings is 1. The maximum Gasteiger partial charge on any atom is 0.226 e. The Kier molecular flexibility index (Phi) is 4.97. The molecule has 0 unspecified atom stereocenters. The smallest absolute Gasteiger partial charge is 0.226 e. The molecule has 6 heteroatoms. The molecule has 0 saturated heterocycles. The summed E-state index contributed by atoms with van der Waals surface area (Å²) in [6.45, 7) is 1.07. The molecule has 0 aliphatic heterocycles. The number of anilines is 1. The fourth-order valence-corrected chi connectivity index (χ4v) is 1.93. The lowest BCUT2D eigenvalue weighted by molar-refractivity contribution is 0.300. The van der Waals surface area contributed by atoms with E-state index in [9.17, 15) is 5.11 Å². The largest absolute Gasteiger partial charge is 0.395 e. The molecule has 104 valence electrons. The van der Waals surface area contributed by atoms with Gasteiger partial charge in [-0.15, -0.1) is 0 Å². The molecule has 3 N–H and O–H groups in total. The maximum absolute atomic E-state index is 9.21. The quantitative estimate of drug-likeness (QED) is 0.776. The van der Waals surface area contributed by atoms with Crippen LogP contribution in [0.4, 0.5) is 5.95 Å². The van der Waals surface area contributed by atoms with Crippen LogP contribution in [0, 0.1) is 0 Å². The Balaban J connectivity index is 2.24. The third-order valence-corrected chi connectivity index (χ3v) is 2.97. The Labute approximate surface area is 123 Å². The minimum Gasteiger partial charge on any atom is -0.395 e. The summed E-state index contributed by atoms with van der Waals surface area (Å²) in [7, 11) is 0. The molecule has 1 heterocycles. The van der Waals surface area contributed by atoms with Crippen molar-refractivity contribution in [2.75, 3.05) is 18.1 Å². The van der Waals surface area contributed by atoms with Crippen LogP contribution in [0.15, 0.2) is 42.6 Å². The van der Waals surface area contributed by atoms with Crippen molar-refractivity contribution in [2.45, 2.75) is 6.54 Å². The van der Waals surface area contributed by atoms with Gasteiger partial charge in [-0.1, -0.05) is 42.5 Å². The topological polar surface area (TPSA) is 75.3 Å². The van der Waals surface area contributed by atoms with Gasteiger partial charge in [0.25, 0.3) is 0 Å². The van der Waals surface area contributed by atoms with Gasteiger partial charge in [0.15, 0.2) is 0 Å². The highest BCUT2D eigenvalue weighted by molar-refractivity contribution is 7.80. The molecule has 5 nitrogen and oxygen atoms in total. The molecule has 0 aliphatic rings. The van der Waals surface area contributed by atoms with E-state index in [1.165, 1.54) is 0 Å². The molecule has 0 spiro atoms. The monoisotopic (exact) mass is 288 g/mol. The minimum absolute atomic E-state index is 0.0213. The van der Waals surface area contributed by atoms with Crippen molar-refractivity contribution in [2.24, 2.45) is 5.73 Å². The molecule has 0 bridgehead atoms. The SMILES string of the molecule is NC(=S)c1ccnc(N(CCO)Cc2ccccc2)n1. The number of thiocarbonyl (C=S) groups is 1. The molecule has 2 rings (SSSR count). The van der Waals surface area contributed by atoms with Crippen LogP contribution in [-0.2, 0) is 6.54 Å². The maximum atomic E-state index is 9.21. The van der Waals surface area contributed by atoms with Gasteiger partial charge in [0.1, 0.15) is 10.7 Å². The molecule has 2 aromatic rings. The third-order valence-electron chi connectivity index (χ3n) is 2.76. The van der Waals surface area contributed by atoms with Crippen molar-refractivity contribution in [3.05, 3.63) is 53.9 Å². The van der Waals surface area contributed by atoms with E-state index < -0.39 is 0 Å². The van der Waals surface area contributed by atoms with Crippen LogP contribution in [0.5, 0.6) is 0 Å². The predicted octanol–water partition coefficient (Wildman–Crippen LogP) is 1.11. The first-order valence-electron chi connectivity index (χ1n) is 6.23. The van der Waals surface area contributed by atoms with E-state index in [0.29, 0.717) is 24.7 Å². The Bertz CT molecular complexity index is 576. The zero-order chi connectivity index (χ0) is 14.4. The summed E-state index contributed by atoms with van der Waals surface area (Å²) in [5.74, 6) is 0.508. The van der Waals surface area contributed by atoms with E-state index in [1.54, 1.807) is 12.3 Å². The average Bonchev–Trinajstić information content (AvgIpc) is 2.48. The second-order valence-electron chi connectivity index (χ2n) is 4.24. The first-order chi connectivity index (χ1) is 9.70. The predicted molar refractivity (Wildman–Crippen MR) is 82.5 cm³/mol. The van der Waals surface area contributed by atoms with Gasteiger partial charge in [-0.2, -0.15) is 0 Å². The molecule has 0 fully saturated rings. The van der Waals surface area contributed by atoms with Crippen LogP contribution in [0.3, 0.4) is 0 Å². The fraction of sp³-hybridized carbons (Fsp3) is 0.214. The van der Waals surface area contributed by atoms with E-state index >= 15 is 0 Å². The van der Waals surface area contributed by atoms with Gasteiger partial charge in [0.05, 0.1) is 6.61 Å². The summed E-state index contributed by atoms with van der Waals surface area (Å²) < 4.78 is 0. The van der Waals surface area contributed by atoms with Gasteiger partial charge in [-0.05, 0) is 11.6 Å². The van der Waals surface area contributed by atoms with Crippen molar-refractivity contribution in [1.29, 1.82) is 0 Å². The van der Waals surface area contributed by atoms with Crippen molar-refractivity contribution in [3.63, 3.8) is 0 Å². The summed E-state index contributed by atoms with van der Waals surface area (Å²) in [5.41, 5.74) is 7.23. The van der Waals surface area contributed by atoms with Crippen LogP contribution in [0.25, 0.3) is 0 Å². The minimum atomic E-state index is 0.0213. The van der Waals surface area contributed by atoms with E-state index in [4.69, 9.17) is 18.0 Å². The van der Waals surface area contributed by atoms with E-state index in [2.05, 4.69) is 9.97 Å². The third kappa shape index (κ3) is 3.72. The summed E-state index contributed by atoms with van der Waals surface area (Å²) in [6, 6.07) is 11.6. The number of nitrogens with zero attached hydrogens (tertiary/aromatic N) is 3.